The molecule has 0 atom stereocenters. The Morgan fingerprint density at radius 3 is 2.55 bits per heavy atom. The number of fused-ring (bicyclic) bond motifs is 1. The molecule has 0 aliphatic carbocycles. The summed E-state index contributed by atoms with van der Waals surface area (Å²) < 4.78 is 2.48. The molecule has 0 bridgehead atoms. The molecule has 108 valence electrons. The van der Waals surface area contributed by atoms with Crippen LogP contribution in [0.25, 0.3) is 11.2 Å². The predicted molar refractivity (Wildman–Crippen MR) is 76.3 cm³/mol. The van der Waals surface area contributed by atoms with Crippen molar-refractivity contribution in [1.82, 2.24) is 24.4 Å². The number of hydrogen-bond acceptors (Lipinski definition) is 5. The summed E-state index contributed by atoms with van der Waals surface area (Å²) in [7, 11) is 3.09. The first-order chi connectivity index (χ1) is 9.54. The molecule has 0 saturated carbocycles. The third-order valence-electron chi connectivity index (χ3n) is 3.90. The van der Waals surface area contributed by atoms with Gasteiger partial charge in [0.1, 0.15) is 0 Å². The van der Waals surface area contributed by atoms with Crippen molar-refractivity contribution in [1.29, 1.82) is 0 Å². The molecule has 1 saturated heterocycles. The molecule has 0 amide bonds. The summed E-state index contributed by atoms with van der Waals surface area (Å²) in [6.45, 7) is 4.65. The van der Waals surface area contributed by atoms with Crippen LogP contribution < -0.4 is 21.5 Å². The first kappa shape index (κ1) is 12.9. The molecular weight excluding hydrogens is 260 g/mol. The third-order valence-corrected chi connectivity index (χ3v) is 3.90. The minimum Gasteiger partial charge on any atom is -0.337 e. The van der Waals surface area contributed by atoms with Gasteiger partial charge in [-0.25, -0.2) is 4.79 Å². The van der Waals surface area contributed by atoms with Gasteiger partial charge in [-0.3, -0.25) is 13.9 Å². The largest absolute Gasteiger partial charge is 0.337 e. The quantitative estimate of drug-likeness (QED) is 0.733. The van der Waals surface area contributed by atoms with Crippen LogP contribution in [0.2, 0.25) is 0 Å². The van der Waals surface area contributed by atoms with Gasteiger partial charge in [-0.1, -0.05) is 0 Å². The number of aromatic amines is 1. The van der Waals surface area contributed by atoms with Gasteiger partial charge in [0.15, 0.2) is 11.2 Å². The molecular formula is C12H18N6O2. The fourth-order valence-corrected chi connectivity index (χ4v) is 2.52. The number of nitrogens with one attached hydrogen (secondary N) is 2. The van der Waals surface area contributed by atoms with Crippen LogP contribution in [0.1, 0.15) is 6.92 Å². The van der Waals surface area contributed by atoms with E-state index < -0.39 is 0 Å². The molecule has 1 aliphatic rings. The van der Waals surface area contributed by atoms with E-state index in [0.29, 0.717) is 23.2 Å². The van der Waals surface area contributed by atoms with E-state index in [4.69, 9.17) is 0 Å². The van der Waals surface area contributed by atoms with Crippen molar-refractivity contribution in [2.45, 2.75) is 13.0 Å². The summed E-state index contributed by atoms with van der Waals surface area (Å²) >= 11 is 0. The lowest BCUT2D eigenvalue weighted by Gasteiger charge is -2.37. The highest BCUT2D eigenvalue weighted by molar-refractivity contribution is 5.73. The number of imidazole rings is 1. The van der Waals surface area contributed by atoms with E-state index in [2.05, 4.69) is 20.2 Å². The average molecular weight is 278 g/mol. The van der Waals surface area contributed by atoms with Gasteiger partial charge in [-0.2, -0.15) is 4.98 Å². The standard InChI is InChI=1S/C12H18N6O2/c1-4-18(7-5-13-6-7)11-14-8-9(15-11)16(2)12(20)17(3)10(8)19/h7,13H,4-6H2,1-3H3,(H,14,15). The number of rotatable bonds is 3. The van der Waals surface area contributed by atoms with Gasteiger partial charge in [-0.15, -0.1) is 0 Å². The number of aryl methyl sites for hydroxylation is 1. The maximum absolute atomic E-state index is 12.1. The van der Waals surface area contributed by atoms with E-state index >= 15 is 0 Å². The maximum atomic E-state index is 12.1. The summed E-state index contributed by atoms with van der Waals surface area (Å²) in [5.41, 5.74) is 0.0627. The zero-order chi connectivity index (χ0) is 14.4. The van der Waals surface area contributed by atoms with Crippen LogP contribution in [0.15, 0.2) is 9.59 Å². The minimum absolute atomic E-state index is 0.343. The molecule has 2 N–H and O–H groups in total. The Labute approximate surface area is 115 Å². The van der Waals surface area contributed by atoms with Gasteiger partial charge in [0.25, 0.3) is 5.56 Å². The lowest BCUT2D eigenvalue weighted by molar-refractivity contribution is 0.413. The normalized spacial score (nSPS) is 15.6. The molecule has 8 nitrogen and oxygen atoms in total. The summed E-state index contributed by atoms with van der Waals surface area (Å²) in [4.78, 5) is 33.6. The summed E-state index contributed by atoms with van der Waals surface area (Å²) in [5.74, 6) is 0.646. The van der Waals surface area contributed by atoms with Crippen LogP contribution in [0, 0.1) is 0 Å². The second kappa shape index (κ2) is 4.48. The Balaban J connectivity index is 2.20. The first-order valence-corrected chi connectivity index (χ1v) is 6.67. The second-order valence-corrected chi connectivity index (χ2v) is 5.06. The molecule has 3 rings (SSSR count). The first-order valence-electron chi connectivity index (χ1n) is 6.67. The van der Waals surface area contributed by atoms with Crippen LogP contribution >= 0.6 is 0 Å². The lowest BCUT2D eigenvalue weighted by Crippen LogP contribution is -2.57. The molecule has 0 radical (unpaired) electrons. The van der Waals surface area contributed by atoms with Crippen molar-refractivity contribution < 1.29 is 0 Å². The zero-order valence-electron chi connectivity index (χ0n) is 11.8. The van der Waals surface area contributed by atoms with E-state index in [1.165, 1.54) is 11.6 Å². The average Bonchev–Trinajstić information content (AvgIpc) is 2.82. The van der Waals surface area contributed by atoms with Crippen molar-refractivity contribution in [3.05, 3.63) is 20.8 Å². The zero-order valence-corrected chi connectivity index (χ0v) is 11.8. The van der Waals surface area contributed by atoms with Crippen LogP contribution in [-0.2, 0) is 14.1 Å². The number of anilines is 1. The Hall–Kier alpha value is -2.09. The van der Waals surface area contributed by atoms with E-state index in [1.807, 2.05) is 6.92 Å². The highest BCUT2D eigenvalue weighted by Crippen LogP contribution is 2.17. The second-order valence-electron chi connectivity index (χ2n) is 5.06. The summed E-state index contributed by atoms with van der Waals surface area (Å²) in [6.07, 6.45) is 0. The van der Waals surface area contributed by atoms with Crippen LogP contribution in [0.4, 0.5) is 5.95 Å². The van der Waals surface area contributed by atoms with Crippen molar-refractivity contribution in [3.8, 4) is 0 Å². The number of aromatic nitrogens is 4. The number of H-pyrrole nitrogens is 1. The van der Waals surface area contributed by atoms with Crippen LogP contribution in [0.3, 0.4) is 0 Å². The molecule has 0 spiro atoms. The van der Waals surface area contributed by atoms with Crippen LogP contribution in [-0.4, -0.2) is 44.8 Å². The molecule has 1 fully saturated rings. The van der Waals surface area contributed by atoms with Crippen molar-refractivity contribution in [2.24, 2.45) is 14.1 Å². The highest BCUT2D eigenvalue weighted by atomic mass is 16.2. The highest BCUT2D eigenvalue weighted by Gasteiger charge is 2.26. The molecule has 20 heavy (non-hydrogen) atoms. The summed E-state index contributed by atoms with van der Waals surface area (Å²) in [5, 5.41) is 3.22. The van der Waals surface area contributed by atoms with E-state index in [0.717, 1.165) is 24.2 Å². The van der Waals surface area contributed by atoms with E-state index in [1.54, 1.807) is 7.05 Å². The van der Waals surface area contributed by atoms with Gasteiger partial charge in [-0.05, 0) is 6.92 Å². The Kier molecular flexibility index (Phi) is 2.89. The minimum atomic E-state index is -0.367. The van der Waals surface area contributed by atoms with Gasteiger partial charge in [0.2, 0.25) is 5.95 Å². The van der Waals surface area contributed by atoms with E-state index in [-0.39, 0.29) is 11.2 Å². The summed E-state index contributed by atoms with van der Waals surface area (Å²) in [6, 6.07) is 0.376. The maximum Gasteiger partial charge on any atom is 0.332 e. The lowest BCUT2D eigenvalue weighted by atomic mass is 10.1. The van der Waals surface area contributed by atoms with Crippen molar-refractivity contribution >= 4 is 17.1 Å². The number of hydrogen-bond donors (Lipinski definition) is 2. The molecule has 8 heteroatoms. The number of nitrogens with zero attached hydrogens (tertiary/aromatic N) is 4. The van der Waals surface area contributed by atoms with Gasteiger partial charge < -0.3 is 15.2 Å². The predicted octanol–water partition coefficient (Wildman–Crippen LogP) is -1.24. The third kappa shape index (κ3) is 1.68. The number of likely N-dealkylation sites (N-methyl/N-ethyl adjacent to an activating group) is 1. The molecule has 1 aliphatic heterocycles. The monoisotopic (exact) mass is 278 g/mol. The van der Waals surface area contributed by atoms with Crippen molar-refractivity contribution in [3.63, 3.8) is 0 Å². The SMILES string of the molecule is CCN(c1nc2c([nH]1)c(=O)n(C)c(=O)n2C)C1CNC1. The smallest absolute Gasteiger partial charge is 0.332 e. The molecule has 0 aromatic carbocycles. The topological polar surface area (TPSA) is 88.0 Å². The molecule has 0 unspecified atom stereocenters. The molecule has 2 aromatic rings. The van der Waals surface area contributed by atoms with Crippen molar-refractivity contribution in [2.75, 3.05) is 24.5 Å². The molecule has 2 aromatic heterocycles. The van der Waals surface area contributed by atoms with Gasteiger partial charge in [0.05, 0.1) is 6.04 Å². The fraction of sp³-hybridized carbons (Fsp3) is 0.583. The Morgan fingerprint density at radius 2 is 2.00 bits per heavy atom. The fourth-order valence-electron chi connectivity index (χ4n) is 2.52. The van der Waals surface area contributed by atoms with E-state index in [9.17, 15) is 9.59 Å². The Bertz CT molecular complexity index is 767. The van der Waals surface area contributed by atoms with Gasteiger partial charge in [0, 0.05) is 33.7 Å². The van der Waals surface area contributed by atoms with Crippen LogP contribution in [0.5, 0.6) is 0 Å². The van der Waals surface area contributed by atoms with Gasteiger partial charge >= 0.3 is 5.69 Å². The Morgan fingerprint density at radius 1 is 1.30 bits per heavy atom. The molecule has 3 heterocycles.